The summed E-state index contributed by atoms with van der Waals surface area (Å²) < 4.78 is 0. The summed E-state index contributed by atoms with van der Waals surface area (Å²) in [5.41, 5.74) is 7.69. The van der Waals surface area contributed by atoms with Gasteiger partial charge < -0.3 is 15.5 Å². The lowest BCUT2D eigenvalue weighted by Crippen LogP contribution is -2.47. The molecule has 1 unspecified atom stereocenters. The van der Waals surface area contributed by atoms with E-state index < -0.39 is 0 Å². The summed E-state index contributed by atoms with van der Waals surface area (Å²) in [7, 11) is 1.74. The maximum atomic E-state index is 12.9. The molecule has 5 heteroatoms. The lowest BCUT2D eigenvalue weighted by molar-refractivity contribution is 0.0623. The van der Waals surface area contributed by atoms with Crippen LogP contribution in [0.1, 0.15) is 40.0 Å². The van der Waals surface area contributed by atoms with Crippen LogP contribution in [0.4, 0.5) is 5.69 Å². The van der Waals surface area contributed by atoms with E-state index >= 15 is 0 Å². The largest absolute Gasteiger partial charge is 0.334 e. The van der Waals surface area contributed by atoms with Crippen molar-refractivity contribution < 1.29 is 9.59 Å². The third-order valence-corrected chi connectivity index (χ3v) is 4.96. The van der Waals surface area contributed by atoms with Crippen molar-refractivity contribution >= 4 is 17.5 Å². The SMILES string of the molecule is CN(C(=O)c1cccc(C(=O)N2CCCCC2CN)c1)c1ccccc1. The van der Waals surface area contributed by atoms with Crippen LogP contribution in [0.5, 0.6) is 0 Å². The molecule has 0 aliphatic carbocycles. The third kappa shape index (κ3) is 3.78. The summed E-state index contributed by atoms with van der Waals surface area (Å²) in [6.45, 7) is 1.20. The van der Waals surface area contributed by atoms with Gasteiger partial charge in [0, 0.05) is 43.0 Å². The van der Waals surface area contributed by atoms with Crippen LogP contribution in [-0.4, -0.2) is 42.9 Å². The highest BCUT2D eigenvalue weighted by molar-refractivity contribution is 6.07. The molecule has 1 atom stereocenters. The predicted molar refractivity (Wildman–Crippen MR) is 103 cm³/mol. The molecule has 1 heterocycles. The van der Waals surface area contributed by atoms with Crippen LogP contribution in [0.2, 0.25) is 0 Å². The number of carbonyl (C=O) groups is 2. The molecule has 5 nitrogen and oxygen atoms in total. The first-order valence-corrected chi connectivity index (χ1v) is 9.06. The molecule has 1 aliphatic rings. The van der Waals surface area contributed by atoms with Gasteiger partial charge in [-0.15, -0.1) is 0 Å². The molecule has 0 bridgehead atoms. The van der Waals surface area contributed by atoms with Crippen molar-refractivity contribution in [3.63, 3.8) is 0 Å². The number of piperidine rings is 1. The lowest BCUT2D eigenvalue weighted by Gasteiger charge is -2.35. The fourth-order valence-corrected chi connectivity index (χ4v) is 3.43. The van der Waals surface area contributed by atoms with Gasteiger partial charge in [0.05, 0.1) is 0 Å². The molecule has 1 saturated heterocycles. The van der Waals surface area contributed by atoms with Crippen molar-refractivity contribution in [3.8, 4) is 0 Å². The lowest BCUT2D eigenvalue weighted by atomic mass is 10.00. The second kappa shape index (κ2) is 8.15. The zero-order valence-electron chi connectivity index (χ0n) is 15.1. The Hall–Kier alpha value is -2.66. The molecule has 136 valence electrons. The minimum atomic E-state index is -0.139. The van der Waals surface area contributed by atoms with Gasteiger partial charge in [-0.3, -0.25) is 9.59 Å². The van der Waals surface area contributed by atoms with E-state index in [1.54, 1.807) is 36.2 Å². The number of nitrogens with two attached hydrogens (primary N) is 1. The Morgan fingerprint density at radius 1 is 1.08 bits per heavy atom. The number of benzene rings is 2. The fraction of sp³-hybridized carbons (Fsp3) is 0.333. The number of nitrogens with zero attached hydrogens (tertiary/aromatic N) is 2. The minimum absolute atomic E-state index is 0.0443. The van der Waals surface area contributed by atoms with E-state index in [0.717, 1.165) is 31.5 Å². The number of anilines is 1. The Bertz CT molecular complexity index is 776. The Morgan fingerprint density at radius 3 is 2.54 bits per heavy atom. The van der Waals surface area contributed by atoms with Gasteiger partial charge in [-0.1, -0.05) is 24.3 Å². The molecule has 1 fully saturated rings. The van der Waals surface area contributed by atoms with Crippen LogP contribution in [0, 0.1) is 0 Å². The summed E-state index contributed by atoms with van der Waals surface area (Å²) in [5.74, 6) is -0.183. The summed E-state index contributed by atoms with van der Waals surface area (Å²) in [6.07, 6.45) is 3.04. The first-order valence-electron chi connectivity index (χ1n) is 9.06. The summed E-state index contributed by atoms with van der Waals surface area (Å²) in [4.78, 5) is 29.2. The van der Waals surface area contributed by atoms with Crippen molar-refractivity contribution in [1.82, 2.24) is 4.90 Å². The molecule has 26 heavy (non-hydrogen) atoms. The van der Waals surface area contributed by atoms with E-state index in [2.05, 4.69) is 0 Å². The second-order valence-corrected chi connectivity index (χ2v) is 6.66. The normalized spacial score (nSPS) is 17.0. The zero-order valence-corrected chi connectivity index (χ0v) is 15.1. The number of amides is 2. The van der Waals surface area contributed by atoms with Gasteiger partial charge in [-0.05, 0) is 49.6 Å². The van der Waals surface area contributed by atoms with E-state index in [-0.39, 0.29) is 17.9 Å². The van der Waals surface area contributed by atoms with Gasteiger partial charge in [-0.25, -0.2) is 0 Å². The van der Waals surface area contributed by atoms with Crippen LogP contribution in [0.25, 0.3) is 0 Å². The highest BCUT2D eigenvalue weighted by Gasteiger charge is 2.27. The van der Waals surface area contributed by atoms with Crippen LogP contribution in [-0.2, 0) is 0 Å². The average Bonchev–Trinajstić information content (AvgIpc) is 2.72. The molecule has 0 aromatic heterocycles. The first kappa shape index (κ1) is 18.1. The van der Waals surface area contributed by atoms with Crippen molar-refractivity contribution in [2.75, 3.05) is 25.0 Å². The Balaban J connectivity index is 1.81. The van der Waals surface area contributed by atoms with Crippen LogP contribution >= 0.6 is 0 Å². The van der Waals surface area contributed by atoms with Gasteiger partial charge in [-0.2, -0.15) is 0 Å². The monoisotopic (exact) mass is 351 g/mol. The van der Waals surface area contributed by atoms with E-state index in [1.807, 2.05) is 35.2 Å². The molecule has 3 rings (SSSR count). The average molecular weight is 351 g/mol. The van der Waals surface area contributed by atoms with E-state index in [0.29, 0.717) is 17.7 Å². The Labute approximate surface area is 154 Å². The summed E-state index contributed by atoms with van der Waals surface area (Å²) in [5, 5.41) is 0. The number of rotatable bonds is 4. The van der Waals surface area contributed by atoms with Crippen molar-refractivity contribution in [2.45, 2.75) is 25.3 Å². The topological polar surface area (TPSA) is 66.6 Å². The van der Waals surface area contributed by atoms with Gasteiger partial charge >= 0.3 is 0 Å². The fourth-order valence-electron chi connectivity index (χ4n) is 3.43. The summed E-state index contributed by atoms with van der Waals surface area (Å²) >= 11 is 0. The van der Waals surface area contributed by atoms with Crippen molar-refractivity contribution in [2.24, 2.45) is 5.73 Å². The van der Waals surface area contributed by atoms with Gasteiger partial charge in [0.15, 0.2) is 0 Å². The molecular formula is C21H25N3O2. The Kier molecular flexibility index (Phi) is 5.68. The van der Waals surface area contributed by atoms with Crippen LogP contribution in [0.15, 0.2) is 54.6 Å². The highest BCUT2D eigenvalue weighted by Crippen LogP contribution is 2.21. The van der Waals surface area contributed by atoms with E-state index in [4.69, 9.17) is 5.73 Å². The van der Waals surface area contributed by atoms with Gasteiger partial charge in [0.1, 0.15) is 0 Å². The molecule has 1 aliphatic heterocycles. The molecule has 0 radical (unpaired) electrons. The summed E-state index contributed by atoms with van der Waals surface area (Å²) in [6, 6.07) is 16.5. The van der Waals surface area contributed by atoms with Gasteiger partial charge in [0.25, 0.3) is 11.8 Å². The molecule has 2 aromatic carbocycles. The maximum Gasteiger partial charge on any atom is 0.258 e. The zero-order chi connectivity index (χ0) is 18.5. The second-order valence-electron chi connectivity index (χ2n) is 6.66. The molecule has 2 aromatic rings. The number of likely N-dealkylation sites (tertiary alicyclic amines) is 1. The molecule has 2 amide bonds. The van der Waals surface area contributed by atoms with Crippen molar-refractivity contribution in [1.29, 1.82) is 0 Å². The minimum Gasteiger partial charge on any atom is -0.334 e. The van der Waals surface area contributed by atoms with Crippen LogP contribution < -0.4 is 10.6 Å². The quantitative estimate of drug-likeness (QED) is 0.921. The number of hydrogen-bond donors (Lipinski definition) is 1. The molecule has 0 saturated carbocycles. The van der Waals surface area contributed by atoms with Crippen LogP contribution in [0.3, 0.4) is 0 Å². The highest BCUT2D eigenvalue weighted by atomic mass is 16.2. The Morgan fingerprint density at radius 2 is 1.81 bits per heavy atom. The number of hydrogen-bond acceptors (Lipinski definition) is 3. The van der Waals surface area contributed by atoms with Gasteiger partial charge in [0.2, 0.25) is 0 Å². The predicted octanol–water partition coefficient (Wildman–Crippen LogP) is 2.92. The molecular weight excluding hydrogens is 326 g/mol. The number of para-hydroxylation sites is 1. The standard InChI is InChI=1S/C21H25N3O2/c1-23(18-10-3-2-4-11-18)20(25)16-8-7-9-17(14-16)21(26)24-13-6-5-12-19(24)15-22/h2-4,7-11,14,19H,5-6,12-13,15,22H2,1H3. The smallest absolute Gasteiger partial charge is 0.258 e. The first-order chi connectivity index (χ1) is 12.6. The maximum absolute atomic E-state index is 12.9. The number of carbonyl (C=O) groups excluding carboxylic acids is 2. The van der Waals surface area contributed by atoms with Crippen molar-refractivity contribution in [3.05, 3.63) is 65.7 Å². The molecule has 0 spiro atoms. The van der Waals surface area contributed by atoms with E-state index in [9.17, 15) is 9.59 Å². The third-order valence-electron chi connectivity index (χ3n) is 4.96. The van der Waals surface area contributed by atoms with E-state index in [1.165, 1.54) is 0 Å². The molecule has 2 N–H and O–H groups in total.